The molecule has 8 rings (SSSR count). The number of nitrogens with one attached hydrogen (secondary N) is 3. The number of amides is 2. The molecule has 0 radical (unpaired) electrons. The molecule has 0 saturated heterocycles. The minimum absolute atomic E-state index is 0.209. The number of carbonyl (C=O) groups excluding carboxylic acids is 2. The number of alkyl halides is 1. The van der Waals surface area contributed by atoms with E-state index >= 15 is 0 Å². The van der Waals surface area contributed by atoms with Gasteiger partial charge >= 0.3 is 0 Å². The van der Waals surface area contributed by atoms with Gasteiger partial charge in [-0.05, 0) is 107 Å². The number of anilines is 4. The van der Waals surface area contributed by atoms with Crippen molar-refractivity contribution in [1.82, 2.24) is 19.9 Å². The number of hydrogen-bond acceptors (Lipinski definition) is 10. The van der Waals surface area contributed by atoms with E-state index in [1.54, 1.807) is 43.1 Å². The second-order valence-corrected chi connectivity index (χ2v) is 13.7. The fraction of sp³-hybridized carbons (Fsp3) is 0.244. The molecule has 2 aliphatic carbocycles. The molecule has 12 nitrogen and oxygen atoms in total. The van der Waals surface area contributed by atoms with Crippen molar-refractivity contribution >= 4 is 56.4 Å². The lowest BCUT2D eigenvalue weighted by Gasteiger charge is -2.16. The molecule has 270 valence electrons. The Balaban J connectivity index is 1.02. The number of nitrogens with zero attached hydrogens (tertiary/aromatic N) is 5. The van der Waals surface area contributed by atoms with Crippen LogP contribution < -0.4 is 21.8 Å². The van der Waals surface area contributed by atoms with E-state index in [4.69, 9.17) is 15.8 Å². The monoisotopic (exact) mass is 721 g/mol. The van der Waals surface area contributed by atoms with Crippen LogP contribution in [0, 0.1) is 29.1 Å². The summed E-state index contributed by atoms with van der Waals surface area (Å²) in [6, 6.07) is 17.5. The highest BCUT2D eigenvalue weighted by molar-refractivity contribution is 6.02. The highest BCUT2D eigenvalue weighted by Crippen LogP contribution is 2.39. The molecule has 5 N–H and O–H groups in total. The van der Waals surface area contributed by atoms with Gasteiger partial charge in [-0.15, -0.1) is 0 Å². The first-order valence-electron chi connectivity index (χ1n) is 17.8. The third kappa shape index (κ3) is 7.11. The first-order valence-corrected chi connectivity index (χ1v) is 17.8. The molecule has 4 aromatic heterocycles. The zero-order chi connectivity index (χ0) is 37.3. The van der Waals surface area contributed by atoms with Crippen LogP contribution in [0.4, 0.5) is 27.4 Å². The summed E-state index contributed by atoms with van der Waals surface area (Å²) in [6.45, 7) is 2.39. The Bertz CT molecular complexity index is 2490. The van der Waals surface area contributed by atoms with E-state index in [2.05, 4.69) is 49.0 Å². The van der Waals surface area contributed by atoms with Gasteiger partial charge in [0.15, 0.2) is 0 Å². The number of aryl methyl sites for hydroxylation is 1. The van der Waals surface area contributed by atoms with Gasteiger partial charge < -0.3 is 16.4 Å². The van der Waals surface area contributed by atoms with Gasteiger partial charge in [0.05, 0.1) is 36.1 Å². The number of rotatable bonds is 12. The van der Waals surface area contributed by atoms with Crippen LogP contribution in [0.25, 0.3) is 43.8 Å². The predicted octanol–water partition coefficient (Wildman–Crippen LogP) is 7.03. The van der Waals surface area contributed by atoms with Crippen molar-refractivity contribution in [2.24, 2.45) is 17.8 Å². The van der Waals surface area contributed by atoms with Crippen LogP contribution in [0.1, 0.15) is 30.9 Å². The number of nitrogen functional groups attached to an aromatic ring is 1. The van der Waals surface area contributed by atoms with Gasteiger partial charge in [-0.3, -0.25) is 29.9 Å². The maximum absolute atomic E-state index is 13.5. The highest BCUT2D eigenvalue weighted by Gasteiger charge is 2.44. The van der Waals surface area contributed by atoms with Crippen molar-refractivity contribution in [3.63, 3.8) is 0 Å². The van der Waals surface area contributed by atoms with E-state index in [-0.39, 0.29) is 30.1 Å². The largest absolute Gasteiger partial charge is 0.398 e. The maximum atomic E-state index is 13.5. The molecule has 54 heavy (non-hydrogen) atoms. The smallest absolute Gasteiger partial charge is 0.231 e. The molecule has 2 aromatic carbocycles. The molecular weight excluding hydrogens is 686 g/mol. The van der Waals surface area contributed by atoms with Crippen molar-refractivity contribution < 1.29 is 18.8 Å². The zero-order valence-corrected chi connectivity index (χ0v) is 29.3. The number of pyridine rings is 4. The third-order valence-electron chi connectivity index (χ3n) is 10.0. The lowest BCUT2D eigenvalue weighted by atomic mass is 9.97. The summed E-state index contributed by atoms with van der Waals surface area (Å²) < 4.78 is 13.5. The number of nitriles is 1. The molecule has 2 amide bonds. The van der Waals surface area contributed by atoms with E-state index < -0.39 is 12.1 Å². The molecule has 4 heterocycles. The second kappa shape index (κ2) is 14.5. The van der Waals surface area contributed by atoms with Crippen LogP contribution in [-0.4, -0.2) is 44.5 Å². The Morgan fingerprint density at radius 2 is 1.46 bits per heavy atom. The van der Waals surface area contributed by atoms with Gasteiger partial charge in [0.1, 0.15) is 17.8 Å². The standard InChI is InChI=1S/C41H36FN9O3/c1-2-22-3-6-45-18-31(22)25-10-27-15-39(50-41(53)30-16-35(30)42)48-21-34(27)37(13-25)51-54-8-5-23-4-7-46-19-32(23)24-9-26-14-38(47-20-33(26)36(44)12-24)49-40(52)29-11-28(29)17-43/h3-4,6-7,9-10,12-15,18-21,28-30,35,51H,2,5,8,11,16,44H2,1H3,(H,47,49,52)(H,48,50,53)/t28-,29+,30-,35+/m1/s1. The molecular formula is C41H36FN9O3. The van der Waals surface area contributed by atoms with Gasteiger partial charge in [-0.25, -0.2) is 14.4 Å². The summed E-state index contributed by atoms with van der Waals surface area (Å²) in [4.78, 5) is 48.7. The zero-order valence-electron chi connectivity index (χ0n) is 29.3. The van der Waals surface area contributed by atoms with Crippen molar-refractivity contribution in [1.29, 1.82) is 5.26 Å². The average Bonchev–Trinajstić information content (AvgIpc) is 4.12. The van der Waals surface area contributed by atoms with Crippen molar-refractivity contribution in [2.45, 2.75) is 38.8 Å². The molecule has 0 bridgehead atoms. The second-order valence-electron chi connectivity index (χ2n) is 13.7. The van der Waals surface area contributed by atoms with Crippen molar-refractivity contribution in [3.8, 4) is 28.3 Å². The number of nitrogens with two attached hydrogens (primary N) is 1. The van der Waals surface area contributed by atoms with Crippen molar-refractivity contribution in [3.05, 3.63) is 96.8 Å². The van der Waals surface area contributed by atoms with Gasteiger partial charge in [0.2, 0.25) is 11.8 Å². The van der Waals surface area contributed by atoms with Gasteiger partial charge in [-0.2, -0.15) is 5.26 Å². The van der Waals surface area contributed by atoms with Crippen LogP contribution in [-0.2, 0) is 27.3 Å². The number of aromatic nitrogens is 4. The molecule has 6 aromatic rings. The Morgan fingerprint density at radius 1 is 0.852 bits per heavy atom. The molecule has 13 heteroatoms. The van der Waals surface area contributed by atoms with Crippen LogP contribution in [0.15, 0.2) is 85.7 Å². The molecule has 2 saturated carbocycles. The summed E-state index contributed by atoms with van der Waals surface area (Å²) in [6.07, 6.45) is 11.5. The molecule has 4 atom stereocenters. The first kappa shape index (κ1) is 34.6. The molecule has 0 aliphatic heterocycles. The Morgan fingerprint density at radius 3 is 2.11 bits per heavy atom. The average molecular weight is 722 g/mol. The van der Waals surface area contributed by atoms with E-state index in [0.717, 1.165) is 61.3 Å². The SMILES string of the molecule is CCc1ccncc1-c1cc(NOCCc2ccncc2-c2cc(N)c3cnc(NC(=O)[C@H]4C[C@@H]4C#N)cc3c2)c2cnc(NC(=O)[C@@H]3C[C@@H]3F)cc2c1. The number of carbonyl (C=O) groups is 2. The van der Waals surface area contributed by atoms with Crippen LogP contribution in [0.2, 0.25) is 0 Å². The number of fused-ring (bicyclic) bond motifs is 2. The van der Waals surface area contributed by atoms with Gasteiger partial charge in [0, 0.05) is 64.8 Å². The summed E-state index contributed by atoms with van der Waals surface area (Å²) in [5.74, 6) is -1.01. The Hall–Kier alpha value is -6.52. The number of halogens is 1. The minimum Gasteiger partial charge on any atom is -0.398 e. The van der Waals surface area contributed by atoms with Gasteiger partial charge in [0.25, 0.3) is 0 Å². The summed E-state index contributed by atoms with van der Waals surface area (Å²) in [5, 5.41) is 17.8. The van der Waals surface area contributed by atoms with Crippen LogP contribution >= 0.6 is 0 Å². The maximum Gasteiger partial charge on any atom is 0.231 e. The highest BCUT2D eigenvalue weighted by atomic mass is 19.1. The van der Waals surface area contributed by atoms with E-state index in [9.17, 15) is 14.0 Å². The number of hydrogen-bond donors (Lipinski definition) is 4. The van der Waals surface area contributed by atoms with E-state index in [1.165, 1.54) is 0 Å². The third-order valence-corrected chi connectivity index (χ3v) is 10.0. The minimum atomic E-state index is -1.10. The van der Waals surface area contributed by atoms with E-state index in [0.29, 0.717) is 42.5 Å². The topological polar surface area (TPSA) is 181 Å². The molecule has 2 aliphatic rings. The number of benzene rings is 2. The van der Waals surface area contributed by atoms with Gasteiger partial charge in [-0.1, -0.05) is 6.92 Å². The molecule has 0 spiro atoms. The van der Waals surface area contributed by atoms with E-state index in [1.807, 2.05) is 42.6 Å². The van der Waals surface area contributed by atoms with Crippen LogP contribution in [0.5, 0.6) is 0 Å². The Kier molecular flexibility index (Phi) is 9.27. The van der Waals surface area contributed by atoms with Crippen molar-refractivity contribution in [2.75, 3.05) is 28.5 Å². The molecule has 2 fully saturated rings. The fourth-order valence-corrected chi connectivity index (χ4v) is 6.76. The lowest BCUT2D eigenvalue weighted by molar-refractivity contribution is -0.118. The predicted molar refractivity (Wildman–Crippen MR) is 204 cm³/mol. The summed E-state index contributed by atoms with van der Waals surface area (Å²) in [7, 11) is 0. The lowest BCUT2D eigenvalue weighted by Crippen LogP contribution is -2.15. The Labute approximate surface area is 310 Å². The fourth-order valence-electron chi connectivity index (χ4n) is 6.76. The summed E-state index contributed by atoms with van der Waals surface area (Å²) in [5.41, 5.74) is 16.6. The summed E-state index contributed by atoms with van der Waals surface area (Å²) >= 11 is 0. The first-order chi connectivity index (χ1) is 26.3. The molecule has 0 unspecified atom stereocenters. The normalized spacial score (nSPS) is 18.5. The van der Waals surface area contributed by atoms with Crippen LogP contribution in [0.3, 0.4) is 0 Å². The quantitative estimate of drug-likeness (QED) is 0.0582.